The molecule has 2 atom stereocenters. The molecule has 1 aromatic heterocycles. The van der Waals surface area contributed by atoms with E-state index >= 15 is 0 Å². The largest absolute Gasteiger partial charge is 0.455 e. The summed E-state index contributed by atoms with van der Waals surface area (Å²) in [4.78, 5) is 24.0. The molecule has 138 valence electrons. The third-order valence-corrected chi connectivity index (χ3v) is 4.83. The van der Waals surface area contributed by atoms with E-state index in [1.165, 1.54) is 6.42 Å². The maximum absolute atomic E-state index is 12.0. The van der Waals surface area contributed by atoms with Crippen LogP contribution in [0.25, 0.3) is 5.69 Å². The van der Waals surface area contributed by atoms with Crippen LogP contribution in [0.4, 0.5) is 0 Å². The van der Waals surface area contributed by atoms with Crippen LogP contribution in [0.15, 0.2) is 42.7 Å². The first-order valence-electron chi connectivity index (χ1n) is 9.16. The van der Waals surface area contributed by atoms with E-state index in [0.717, 1.165) is 30.5 Å². The Morgan fingerprint density at radius 2 is 2.00 bits per heavy atom. The van der Waals surface area contributed by atoms with Gasteiger partial charge in [0.25, 0.3) is 5.91 Å². The van der Waals surface area contributed by atoms with E-state index in [1.807, 2.05) is 30.3 Å². The fourth-order valence-corrected chi connectivity index (χ4v) is 3.32. The quantitative estimate of drug-likeness (QED) is 0.809. The summed E-state index contributed by atoms with van der Waals surface area (Å²) in [6.07, 6.45) is 8.02. The molecule has 0 bridgehead atoms. The minimum absolute atomic E-state index is 0.0972. The first-order chi connectivity index (χ1) is 12.6. The normalized spacial score (nSPS) is 19.7. The molecule has 1 heterocycles. The molecule has 1 saturated carbocycles. The summed E-state index contributed by atoms with van der Waals surface area (Å²) in [5.41, 5.74) is 1.67. The molecule has 3 rings (SSSR count). The Kier molecular flexibility index (Phi) is 6.04. The van der Waals surface area contributed by atoms with Gasteiger partial charge in [-0.2, -0.15) is 5.10 Å². The number of amides is 1. The number of carbonyl (C=O) groups is 2. The van der Waals surface area contributed by atoms with Gasteiger partial charge in [-0.1, -0.05) is 38.0 Å². The lowest BCUT2D eigenvalue weighted by molar-refractivity contribution is -0.148. The van der Waals surface area contributed by atoms with Crippen LogP contribution < -0.4 is 5.32 Å². The number of nitrogens with zero attached hydrogens (tertiary/aromatic N) is 2. The van der Waals surface area contributed by atoms with Crippen molar-refractivity contribution in [2.45, 2.75) is 45.1 Å². The number of hydrogen-bond donors (Lipinski definition) is 1. The van der Waals surface area contributed by atoms with Gasteiger partial charge in [0.2, 0.25) is 0 Å². The molecule has 1 fully saturated rings. The highest BCUT2D eigenvalue weighted by Gasteiger charge is 2.23. The number of ether oxygens (including phenoxy) is 1. The van der Waals surface area contributed by atoms with Crippen LogP contribution in [-0.4, -0.2) is 34.3 Å². The predicted octanol–water partition coefficient (Wildman–Crippen LogP) is 2.65. The van der Waals surface area contributed by atoms with Crippen molar-refractivity contribution >= 4 is 11.9 Å². The number of aromatic nitrogens is 2. The smallest absolute Gasteiger partial charge is 0.310 e. The summed E-state index contributed by atoms with van der Waals surface area (Å²) in [6.45, 7) is 1.93. The molecule has 1 amide bonds. The van der Waals surface area contributed by atoms with Gasteiger partial charge in [-0.3, -0.25) is 9.59 Å². The molecule has 0 saturated heterocycles. The fourth-order valence-electron chi connectivity index (χ4n) is 3.32. The van der Waals surface area contributed by atoms with E-state index in [1.54, 1.807) is 17.1 Å². The third-order valence-electron chi connectivity index (χ3n) is 4.83. The highest BCUT2D eigenvalue weighted by Crippen LogP contribution is 2.23. The van der Waals surface area contributed by atoms with Crippen LogP contribution in [0.1, 0.15) is 38.2 Å². The molecule has 2 aromatic rings. The van der Waals surface area contributed by atoms with Gasteiger partial charge >= 0.3 is 5.97 Å². The Balaban J connectivity index is 1.44. The SMILES string of the molecule is CC1CCCCC1NC(=O)COC(=O)Cc1cnn(-c2ccccc2)c1. The van der Waals surface area contributed by atoms with Crippen molar-refractivity contribution in [3.05, 3.63) is 48.3 Å². The summed E-state index contributed by atoms with van der Waals surface area (Å²) in [5.74, 6) is -0.172. The van der Waals surface area contributed by atoms with Crippen LogP contribution in [-0.2, 0) is 20.7 Å². The molecule has 0 aliphatic heterocycles. The summed E-state index contributed by atoms with van der Waals surface area (Å²) in [7, 11) is 0. The van der Waals surface area contributed by atoms with Gasteiger partial charge < -0.3 is 10.1 Å². The van der Waals surface area contributed by atoms with Crippen LogP contribution in [0.3, 0.4) is 0 Å². The van der Waals surface area contributed by atoms with E-state index in [0.29, 0.717) is 5.92 Å². The highest BCUT2D eigenvalue weighted by atomic mass is 16.5. The minimum Gasteiger partial charge on any atom is -0.455 e. The number of nitrogens with one attached hydrogen (secondary N) is 1. The Morgan fingerprint density at radius 3 is 2.77 bits per heavy atom. The zero-order valence-electron chi connectivity index (χ0n) is 15.1. The molecule has 1 aromatic carbocycles. The molecular formula is C20H25N3O3. The van der Waals surface area contributed by atoms with E-state index in [9.17, 15) is 9.59 Å². The monoisotopic (exact) mass is 355 g/mol. The molecule has 0 radical (unpaired) electrons. The Hall–Kier alpha value is -2.63. The van der Waals surface area contributed by atoms with Crippen LogP contribution in [0.2, 0.25) is 0 Å². The van der Waals surface area contributed by atoms with Gasteiger partial charge in [-0.15, -0.1) is 0 Å². The Bertz CT molecular complexity index is 742. The number of hydrogen-bond acceptors (Lipinski definition) is 4. The first-order valence-corrected chi connectivity index (χ1v) is 9.16. The number of rotatable bonds is 6. The second kappa shape index (κ2) is 8.65. The van der Waals surface area contributed by atoms with Crippen molar-refractivity contribution in [3.8, 4) is 5.69 Å². The molecule has 26 heavy (non-hydrogen) atoms. The van der Waals surface area contributed by atoms with Gasteiger partial charge in [0.15, 0.2) is 6.61 Å². The second-order valence-electron chi connectivity index (χ2n) is 6.90. The van der Waals surface area contributed by atoms with Crippen molar-refractivity contribution in [1.82, 2.24) is 15.1 Å². The zero-order chi connectivity index (χ0) is 18.4. The average molecular weight is 355 g/mol. The van der Waals surface area contributed by atoms with Crippen LogP contribution in [0.5, 0.6) is 0 Å². The standard InChI is InChI=1S/C20H25N3O3/c1-15-7-5-6-10-18(15)22-19(24)14-26-20(25)11-16-12-21-23(13-16)17-8-3-2-4-9-17/h2-4,8-9,12-13,15,18H,5-7,10-11,14H2,1H3,(H,22,24). The Morgan fingerprint density at radius 1 is 1.23 bits per heavy atom. The zero-order valence-corrected chi connectivity index (χ0v) is 15.1. The number of para-hydroxylation sites is 1. The van der Waals surface area contributed by atoms with Crippen LogP contribution in [0, 0.1) is 5.92 Å². The molecule has 2 unspecified atom stereocenters. The maximum atomic E-state index is 12.0. The summed E-state index contributed by atoms with van der Waals surface area (Å²) < 4.78 is 6.82. The average Bonchev–Trinajstić information content (AvgIpc) is 3.11. The van der Waals surface area contributed by atoms with Crippen molar-refractivity contribution in [3.63, 3.8) is 0 Å². The first kappa shape index (κ1) is 18.2. The summed E-state index contributed by atoms with van der Waals surface area (Å²) in [5, 5.41) is 7.23. The van der Waals surface area contributed by atoms with E-state index in [4.69, 9.17) is 4.74 Å². The van der Waals surface area contributed by atoms with Gasteiger partial charge in [0, 0.05) is 17.8 Å². The van der Waals surface area contributed by atoms with Crippen molar-refractivity contribution in [2.24, 2.45) is 5.92 Å². The van der Waals surface area contributed by atoms with E-state index in [2.05, 4.69) is 17.3 Å². The van der Waals surface area contributed by atoms with Crippen molar-refractivity contribution in [1.29, 1.82) is 0 Å². The number of esters is 1. The molecule has 6 heteroatoms. The third kappa shape index (κ3) is 4.94. The molecular weight excluding hydrogens is 330 g/mol. The van der Waals surface area contributed by atoms with Gasteiger partial charge in [0.1, 0.15) is 0 Å². The molecule has 6 nitrogen and oxygen atoms in total. The summed E-state index contributed by atoms with van der Waals surface area (Å²) >= 11 is 0. The molecule has 1 aliphatic rings. The highest BCUT2D eigenvalue weighted by molar-refractivity contribution is 5.81. The van der Waals surface area contributed by atoms with Gasteiger partial charge in [-0.05, 0) is 30.9 Å². The van der Waals surface area contributed by atoms with Crippen molar-refractivity contribution in [2.75, 3.05) is 6.61 Å². The van der Waals surface area contributed by atoms with Gasteiger partial charge in [0.05, 0.1) is 18.3 Å². The Labute approximate surface area is 153 Å². The lowest BCUT2D eigenvalue weighted by atomic mass is 9.86. The van der Waals surface area contributed by atoms with E-state index < -0.39 is 5.97 Å². The maximum Gasteiger partial charge on any atom is 0.310 e. The van der Waals surface area contributed by atoms with Crippen molar-refractivity contribution < 1.29 is 14.3 Å². The second-order valence-corrected chi connectivity index (χ2v) is 6.90. The number of benzene rings is 1. The topological polar surface area (TPSA) is 73.2 Å². The summed E-state index contributed by atoms with van der Waals surface area (Å²) in [6, 6.07) is 9.86. The lowest BCUT2D eigenvalue weighted by Gasteiger charge is -2.29. The van der Waals surface area contributed by atoms with Crippen LogP contribution >= 0.6 is 0 Å². The molecule has 1 aliphatic carbocycles. The minimum atomic E-state index is -0.426. The fraction of sp³-hybridized carbons (Fsp3) is 0.450. The molecule has 1 N–H and O–H groups in total. The van der Waals surface area contributed by atoms with E-state index in [-0.39, 0.29) is 25.0 Å². The molecule has 0 spiro atoms. The number of carbonyl (C=O) groups excluding carboxylic acids is 2. The predicted molar refractivity (Wildman–Crippen MR) is 97.8 cm³/mol. The lowest BCUT2D eigenvalue weighted by Crippen LogP contribution is -2.42. The van der Waals surface area contributed by atoms with Gasteiger partial charge in [-0.25, -0.2) is 4.68 Å².